The van der Waals surface area contributed by atoms with Crippen molar-refractivity contribution in [3.63, 3.8) is 0 Å². The van der Waals surface area contributed by atoms with Crippen molar-refractivity contribution in [3.8, 4) is 0 Å². The predicted molar refractivity (Wildman–Crippen MR) is 93.3 cm³/mol. The van der Waals surface area contributed by atoms with Gasteiger partial charge in [0.2, 0.25) is 0 Å². The van der Waals surface area contributed by atoms with Crippen LogP contribution in [0.4, 0.5) is 0 Å². The molecule has 0 heterocycles. The monoisotopic (exact) mass is 322 g/mol. The zero-order chi connectivity index (χ0) is 14.8. The zero-order valence-electron chi connectivity index (χ0n) is 14.2. The van der Waals surface area contributed by atoms with Crippen molar-refractivity contribution in [2.24, 2.45) is 0 Å². The number of hydrogen-bond donors (Lipinski definition) is 0. The van der Waals surface area contributed by atoms with Crippen molar-refractivity contribution in [3.05, 3.63) is 0 Å². The van der Waals surface area contributed by atoms with Crippen molar-refractivity contribution in [2.75, 3.05) is 0 Å². The molecule has 0 N–H and O–H groups in total. The van der Waals surface area contributed by atoms with Crippen LogP contribution in [-0.2, 0) is 8.23 Å². The van der Waals surface area contributed by atoms with Crippen LogP contribution in [0, 0.1) is 0 Å². The molecule has 0 aliphatic heterocycles. The Balaban J connectivity index is 4.66. The Morgan fingerprint density at radius 2 is 1.00 bits per heavy atom. The molecule has 0 aromatic heterocycles. The van der Waals surface area contributed by atoms with E-state index in [9.17, 15) is 0 Å². The molecule has 0 aliphatic carbocycles. The summed E-state index contributed by atoms with van der Waals surface area (Å²) in [4.78, 5) is 0. The summed E-state index contributed by atoms with van der Waals surface area (Å²) in [7, 11) is -5.99. The van der Waals surface area contributed by atoms with Gasteiger partial charge in [0.25, 0.3) is 0 Å². The van der Waals surface area contributed by atoms with E-state index in [1.807, 2.05) is 0 Å². The first-order valence-corrected chi connectivity index (χ1v) is 19.8. The van der Waals surface area contributed by atoms with Crippen molar-refractivity contribution < 1.29 is 8.23 Å². The van der Waals surface area contributed by atoms with Crippen LogP contribution in [0.3, 0.4) is 0 Å². The molecule has 6 heteroatoms. The first-order valence-electron chi connectivity index (χ1n) is 7.08. The van der Waals surface area contributed by atoms with Crippen LogP contribution < -0.4 is 0 Å². The van der Waals surface area contributed by atoms with Crippen LogP contribution in [0.1, 0.15) is 6.92 Å². The van der Waals surface area contributed by atoms with Gasteiger partial charge in [-0.3, -0.25) is 0 Å². The zero-order valence-corrected chi connectivity index (χ0v) is 18.2. The van der Waals surface area contributed by atoms with Gasteiger partial charge in [-0.15, -0.1) is 0 Å². The van der Waals surface area contributed by atoms with Gasteiger partial charge in [-0.2, -0.15) is 0 Å². The topological polar surface area (TPSA) is 18.5 Å². The van der Waals surface area contributed by atoms with Crippen LogP contribution in [0.2, 0.25) is 70.6 Å². The summed E-state index contributed by atoms with van der Waals surface area (Å²) in [6, 6.07) is 1.21. The maximum Gasteiger partial charge on any atom is 0.173 e. The van der Waals surface area contributed by atoms with Crippen LogP contribution in [0.5, 0.6) is 0 Å². The third-order valence-electron chi connectivity index (χ3n) is 2.84. The molecule has 0 aromatic rings. The summed E-state index contributed by atoms with van der Waals surface area (Å²) in [5.41, 5.74) is 1.22. The van der Waals surface area contributed by atoms with E-state index in [2.05, 4.69) is 65.8 Å². The molecule has 0 bridgehead atoms. The van der Waals surface area contributed by atoms with Crippen molar-refractivity contribution in [1.82, 2.24) is 0 Å². The normalized spacial score (nSPS) is 15.0. The third-order valence-corrected chi connectivity index (χ3v) is 20.4. The molecule has 18 heavy (non-hydrogen) atoms. The highest BCUT2D eigenvalue weighted by Gasteiger charge is 2.40. The number of hydrogen-bond acceptors (Lipinski definition) is 2. The SMILES string of the molecule is CC[Si](C)(C)O[Si](C)(C)C[Si](C)(C)O[Si](C)(C)C. The molecular weight excluding hydrogens is 288 g/mol. The fourth-order valence-corrected chi connectivity index (χ4v) is 26.0. The van der Waals surface area contributed by atoms with Gasteiger partial charge in [-0.05, 0) is 70.6 Å². The van der Waals surface area contributed by atoms with Gasteiger partial charge in [0, 0.05) is 0 Å². The minimum absolute atomic E-state index is 1.21. The molecule has 0 unspecified atom stereocenters. The Labute approximate surface area is 119 Å². The molecule has 0 saturated carbocycles. The average Bonchev–Trinajstić information content (AvgIpc) is 1.93. The Morgan fingerprint density at radius 1 is 0.611 bits per heavy atom. The van der Waals surface area contributed by atoms with Gasteiger partial charge in [-0.1, -0.05) is 6.92 Å². The summed E-state index contributed by atoms with van der Waals surface area (Å²) in [5.74, 6) is 0. The molecule has 110 valence electrons. The summed E-state index contributed by atoms with van der Waals surface area (Å²) >= 11 is 0. The first-order chi connectivity index (χ1) is 7.68. The fraction of sp³-hybridized carbons (Fsp3) is 1.00. The molecule has 0 aliphatic rings. The summed E-state index contributed by atoms with van der Waals surface area (Å²) in [5, 5.41) is 0. The number of rotatable bonds is 7. The van der Waals surface area contributed by atoms with Crippen molar-refractivity contribution in [1.29, 1.82) is 0 Å². The van der Waals surface area contributed by atoms with E-state index >= 15 is 0 Å². The first kappa shape index (κ1) is 18.8. The highest BCUT2D eigenvalue weighted by Crippen LogP contribution is 2.28. The van der Waals surface area contributed by atoms with Gasteiger partial charge in [0.1, 0.15) is 0 Å². The predicted octanol–water partition coefficient (Wildman–Crippen LogP) is 5.03. The van der Waals surface area contributed by atoms with Crippen LogP contribution in [-0.4, -0.2) is 33.3 Å². The Morgan fingerprint density at radius 3 is 1.33 bits per heavy atom. The van der Waals surface area contributed by atoms with Gasteiger partial charge >= 0.3 is 0 Å². The maximum atomic E-state index is 6.57. The molecular formula is C12H34O2Si4. The van der Waals surface area contributed by atoms with E-state index in [1.165, 1.54) is 11.7 Å². The van der Waals surface area contributed by atoms with E-state index in [0.717, 1.165) is 0 Å². The fourth-order valence-electron chi connectivity index (χ4n) is 2.75. The molecule has 2 nitrogen and oxygen atoms in total. The van der Waals surface area contributed by atoms with E-state index in [4.69, 9.17) is 8.23 Å². The average molecular weight is 323 g/mol. The van der Waals surface area contributed by atoms with E-state index in [-0.39, 0.29) is 0 Å². The van der Waals surface area contributed by atoms with Gasteiger partial charge in [-0.25, -0.2) is 0 Å². The lowest BCUT2D eigenvalue weighted by Crippen LogP contribution is -2.52. The Bertz CT molecular complexity index is 270. The highest BCUT2D eigenvalue weighted by atomic mass is 28.5. The molecule has 0 atom stereocenters. The molecule has 0 rings (SSSR count). The standard InChI is InChI=1S/C12H34O2Si4/c1-11-16(5,6)14-18(9,10)12-17(7,8)13-15(2,3)4/h11-12H2,1-10H3. The second-order valence-corrected chi connectivity index (χ2v) is 26.7. The smallest absolute Gasteiger partial charge is 0.173 e. The van der Waals surface area contributed by atoms with Crippen molar-refractivity contribution in [2.45, 2.75) is 77.6 Å². The lowest BCUT2D eigenvalue weighted by atomic mass is 11.0. The van der Waals surface area contributed by atoms with E-state index in [0.29, 0.717) is 0 Å². The highest BCUT2D eigenvalue weighted by molar-refractivity contribution is 6.96. The van der Waals surface area contributed by atoms with Crippen LogP contribution in [0.25, 0.3) is 0 Å². The second kappa shape index (κ2) is 6.05. The summed E-state index contributed by atoms with van der Waals surface area (Å²) < 4.78 is 13.0. The quantitative estimate of drug-likeness (QED) is 0.612. The van der Waals surface area contributed by atoms with E-state index < -0.39 is 33.3 Å². The van der Waals surface area contributed by atoms with Gasteiger partial charge < -0.3 is 8.23 Å². The largest absolute Gasteiger partial charge is 0.456 e. The Kier molecular flexibility index (Phi) is 6.31. The third kappa shape index (κ3) is 8.81. The van der Waals surface area contributed by atoms with Crippen LogP contribution in [0.15, 0.2) is 0 Å². The summed E-state index contributed by atoms with van der Waals surface area (Å²) in [6.45, 7) is 23.3. The van der Waals surface area contributed by atoms with Crippen molar-refractivity contribution >= 4 is 33.3 Å². The lowest BCUT2D eigenvalue weighted by Gasteiger charge is -2.40. The Hall–Kier alpha value is 0.788. The molecule has 0 amide bonds. The van der Waals surface area contributed by atoms with Crippen LogP contribution >= 0.6 is 0 Å². The minimum Gasteiger partial charge on any atom is -0.456 e. The molecule has 0 radical (unpaired) electrons. The minimum atomic E-state index is -1.57. The van der Waals surface area contributed by atoms with Gasteiger partial charge in [0.05, 0.1) is 0 Å². The molecule has 0 spiro atoms. The lowest BCUT2D eigenvalue weighted by molar-refractivity contribution is 0.527. The van der Waals surface area contributed by atoms with Gasteiger partial charge in [0.15, 0.2) is 33.3 Å². The van der Waals surface area contributed by atoms with E-state index in [1.54, 1.807) is 0 Å². The molecule has 0 saturated heterocycles. The maximum absolute atomic E-state index is 6.57. The molecule has 0 aromatic carbocycles. The summed E-state index contributed by atoms with van der Waals surface area (Å²) in [6.07, 6.45) is 0. The second-order valence-electron chi connectivity index (χ2n) is 8.13. The molecule has 0 fully saturated rings.